The molecular weight excluding hydrogens is 230 g/mol. The number of ether oxygens (including phenoxy) is 1. The Morgan fingerprint density at radius 1 is 1.54 bits per heavy atom. The van der Waals surface area contributed by atoms with Crippen molar-refractivity contribution >= 4 is 15.9 Å². The number of hydrogen-bond acceptors (Lipinski definition) is 2. The van der Waals surface area contributed by atoms with Gasteiger partial charge in [0, 0.05) is 0 Å². The van der Waals surface area contributed by atoms with Crippen LogP contribution in [0.1, 0.15) is 19.4 Å². The van der Waals surface area contributed by atoms with E-state index in [9.17, 15) is 0 Å². The van der Waals surface area contributed by atoms with Crippen LogP contribution in [0.15, 0.2) is 16.9 Å². The van der Waals surface area contributed by atoms with Gasteiger partial charge in [0.25, 0.3) is 0 Å². The van der Waals surface area contributed by atoms with E-state index in [0.29, 0.717) is 5.92 Å². The van der Waals surface area contributed by atoms with Gasteiger partial charge in [0.2, 0.25) is 0 Å². The Balaban J connectivity index is 2.90. The third-order valence-corrected chi connectivity index (χ3v) is 2.46. The Hall–Kier alpha value is -0.570. The summed E-state index contributed by atoms with van der Waals surface area (Å²) in [5, 5.41) is 0. The van der Waals surface area contributed by atoms with E-state index in [4.69, 9.17) is 4.74 Å². The molecule has 0 fully saturated rings. The Morgan fingerprint density at radius 2 is 2.23 bits per heavy atom. The van der Waals surface area contributed by atoms with Gasteiger partial charge in [-0.15, -0.1) is 0 Å². The summed E-state index contributed by atoms with van der Waals surface area (Å²) in [4.78, 5) is 4.19. The van der Waals surface area contributed by atoms with Crippen LogP contribution in [0, 0.1) is 5.92 Å². The second-order valence-electron chi connectivity index (χ2n) is 3.42. The molecule has 1 rings (SSSR count). The van der Waals surface area contributed by atoms with Crippen LogP contribution in [0.3, 0.4) is 0 Å². The summed E-state index contributed by atoms with van der Waals surface area (Å²) in [6.07, 6.45) is 2.73. The van der Waals surface area contributed by atoms with E-state index in [1.165, 1.54) is 5.56 Å². The van der Waals surface area contributed by atoms with Gasteiger partial charge in [0.15, 0.2) is 0 Å². The van der Waals surface area contributed by atoms with Gasteiger partial charge in [-0.05, 0) is 39.9 Å². The third kappa shape index (κ3) is 2.99. The number of methoxy groups -OCH3 is 1. The number of pyridine rings is 1. The summed E-state index contributed by atoms with van der Waals surface area (Å²) >= 11 is 3.42. The van der Waals surface area contributed by atoms with Crippen molar-refractivity contribution in [2.75, 3.05) is 7.11 Å². The first-order chi connectivity index (χ1) is 6.13. The van der Waals surface area contributed by atoms with Gasteiger partial charge in [0.1, 0.15) is 10.4 Å². The van der Waals surface area contributed by atoms with E-state index < -0.39 is 0 Å². The van der Waals surface area contributed by atoms with E-state index in [2.05, 4.69) is 34.8 Å². The topological polar surface area (TPSA) is 22.1 Å². The molecule has 0 radical (unpaired) electrons. The van der Waals surface area contributed by atoms with E-state index in [-0.39, 0.29) is 0 Å². The molecule has 0 N–H and O–H groups in total. The van der Waals surface area contributed by atoms with Crippen molar-refractivity contribution in [3.63, 3.8) is 0 Å². The zero-order valence-corrected chi connectivity index (χ0v) is 9.76. The predicted octanol–water partition coefficient (Wildman–Crippen LogP) is 3.05. The average Bonchev–Trinajstić information content (AvgIpc) is 2.08. The van der Waals surface area contributed by atoms with Gasteiger partial charge < -0.3 is 4.74 Å². The highest BCUT2D eigenvalue weighted by Crippen LogP contribution is 2.21. The molecule has 0 amide bonds. The molecule has 0 unspecified atom stereocenters. The highest BCUT2D eigenvalue weighted by molar-refractivity contribution is 9.10. The van der Waals surface area contributed by atoms with Gasteiger partial charge in [-0.25, -0.2) is 4.98 Å². The molecule has 2 nitrogen and oxygen atoms in total. The second kappa shape index (κ2) is 4.61. The standard InChI is InChI=1S/C10H14BrNO/c1-7(2)4-8-5-9(13-3)6-12-10(8)11/h5-7H,4H2,1-3H3. The Labute approximate surface area is 87.5 Å². The molecular formula is C10H14BrNO. The Kier molecular flexibility index (Phi) is 3.72. The maximum Gasteiger partial charge on any atom is 0.137 e. The minimum absolute atomic E-state index is 0.630. The third-order valence-electron chi connectivity index (χ3n) is 1.75. The summed E-state index contributed by atoms with van der Waals surface area (Å²) in [6.45, 7) is 4.37. The van der Waals surface area contributed by atoms with Crippen molar-refractivity contribution < 1.29 is 4.74 Å². The fraction of sp³-hybridized carbons (Fsp3) is 0.500. The molecule has 0 saturated carbocycles. The number of hydrogen-bond donors (Lipinski definition) is 0. The zero-order chi connectivity index (χ0) is 9.84. The van der Waals surface area contributed by atoms with Gasteiger partial charge in [-0.1, -0.05) is 13.8 Å². The van der Waals surface area contributed by atoms with Crippen molar-refractivity contribution in [1.29, 1.82) is 0 Å². The monoisotopic (exact) mass is 243 g/mol. The smallest absolute Gasteiger partial charge is 0.137 e. The SMILES string of the molecule is COc1cnc(Br)c(CC(C)C)c1. The minimum Gasteiger partial charge on any atom is -0.495 e. The summed E-state index contributed by atoms with van der Waals surface area (Å²) in [5.41, 5.74) is 1.20. The van der Waals surface area contributed by atoms with E-state index in [0.717, 1.165) is 16.8 Å². The van der Waals surface area contributed by atoms with Crippen LogP contribution in [0.5, 0.6) is 5.75 Å². The average molecular weight is 244 g/mol. The summed E-state index contributed by atoms with van der Waals surface area (Å²) in [6, 6.07) is 2.02. The molecule has 0 aliphatic heterocycles. The van der Waals surface area contributed by atoms with Crippen molar-refractivity contribution in [3.8, 4) is 5.75 Å². The van der Waals surface area contributed by atoms with Gasteiger partial charge >= 0.3 is 0 Å². The molecule has 0 aliphatic rings. The number of nitrogens with zero attached hydrogens (tertiary/aromatic N) is 1. The van der Waals surface area contributed by atoms with Crippen molar-refractivity contribution in [2.24, 2.45) is 5.92 Å². The molecule has 0 spiro atoms. The maximum atomic E-state index is 5.11. The van der Waals surface area contributed by atoms with Crippen molar-refractivity contribution in [3.05, 3.63) is 22.4 Å². The summed E-state index contributed by atoms with van der Waals surface area (Å²) < 4.78 is 6.03. The van der Waals surface area contributed by atoms with Crippen molar-refractivity contribution in [1.82, 2.24) is 4.98 Å². The summed E-state index contributed by atoms with van der Waals surface area (Å²) in [7, 11) is 1.66. The lowest BCUT2D eigenvalue weighted by Gasteiger charge is -2.08. The fourth-order valence-electron chi connectivity index (χ4n) is 1.17. The molecule has 1 heterocycles. The molecule has 0 atom stereocenters. The molecule has 13 heavy (non-hydrogen) atoms. The highest BCUT2D eigenvalue weighted by atomic mass is 79.9. The first-order valence-corrected chi connectivity index (χ1v) is 5.11. The van der Waals surface area contributed by atoms with Crippen LogP contribution in [-0.2, 0) is 6.42 Å². The molecule has 72 valence electrons. The van der Waals surface area contributed by atoms with Crippen LogP contribution >= 0.6 is 15.9 Å². The lowest BCUT2D eigenvalue weighted by molar-refractivity contribution is 0.411. The first-order valence-electron chi connectivity index (χ1n) is 4.32. The first kappa shape index (κ1) is 10.5. The van der Waals surface area contributed by atoms with Crippen LogP contribution in [-0.4, -0.2) is 12.1 Å². The van der Waals surface area contributed by atoms with Gasteiger partial charge in [-0.2, -0.15) is 0 Å². The largest absolute Gasteiger partial charge is 0.495 e. The van der Waals surface area contributed by atoms with E-state index in [1.807, 2.05) is 6.07 Å². The molecule has 0 bridgehead atoms. The van der Waals surface area contributed by atoms with Crippen molar-refractivity contribution in [2.45, 2.75) is 20.3 Å². The molecule has 3 heteroatoms. The molecule has 0 aromatic carbocycles. The Morgan fingerprint density at radius 3 is 2.77 bits per heavy atom. The highest BCUT2D eigenvalue weighted by Gasteiger charge is 2.05. The van der Waals surface area contributed by atoms with E-state index in [1.54, 1.807) is 13.3 Å². The zero-order valence-electron chi connectivity index (χ0n) is 8.17. The number of halogens is 1. The molecule has 1 aromatic rings. The van der Waals surface area contributed by atoms with Crippen LogP contribution in [0.4, 0.5) is 0 Å². The molecule has 1 aromatic heterocycles. The second-order valence-corrected chi connectivity index (χ2v) is 4.17. The minimum atomic E-state index is 0.630. The maximum absolute atomic E-state index is 5.11. The molecule has 0 aliphatic carbocycles. The normalized spacial score (nSPS) is 10.5. The Bertz CT molecular complexity index is 286. The van der Waals surface area contributed by atoms with Gasteiger partial charge in [-0.3, -0.25) is 0 Å². The number of rotatable bonds is 3. The summed E-state index contributed by atoms with van der Waals surface area (Å²) in [5.74, 6) is 1.45. The predicted molar refractivity (Wildman–Crippen MR) is 57.0 cm³/mol. The fourth-order valence-corrected chi connectivity index (χ4v) is 1.55. The lowest BCUT2D eigenvalue weighted by Crippen LogP contribution is -1.97. The number of aromatic nitrogens is 1. The van der Waals surface area contributed by atoms with Crippen LogP contribution < -0.4 is 4.74 Å². The van der Waals surface area contributed by atoms with Crippen LogP contribution in [0.25, 0.3) is 0 Å². The lowest BCUT2D eigenvalue weighted by atomic mass is 10.1. The van der Waals surface area contributed by atoms with Gasteiger partial charge in [0.05, 0.1) is 13.3 Å². The van der Waals surface area contributed by atoms with Crippen LogP contribution in [0.2, 0.25) is 0 Å². The van der Waals surface area contributed by atoms with E-state index >= 15 is 0 Å². The quantitative estimate of drug-likeness (QED) is 0.762. The molecule has 0 saturated heterocycles.